The fraction of sp³-hybridized carbons (Fsp3) is 0.714. The molecule has 0 radical (unpaired) electrons. The molecule has 1 aromatic heterocycles. The predicted octanol–water partition coefficient (Wildman–Crippen LogP) is 2.88. The Labute approximate surface area is 125 Å². The number of nitrogens with one attached hydrogen (secondary N) is 1. The van der Waals surface area contributed by atoms with E-state index in [0.717, 1.165) is 24.5 Å². The summed E-state index contributed by atoms with van der Waals surface area (Å²) in [6.07, 6.45) is 2.48. The SMILES string of the molecule is CCCN(CCNCc1nccs1)C(=O)OC(C)(C)C. The highest BCUT2D eigenvalue weighted by Gasteiger charge is 2.21. The van der Waals surface area contributed by atoms with Crippen molar-refractivity contribution < 1.29 is 9.53 Å². The van der Waals surface area contributed by atoms with Gasteiger partial charge < -0.3 is 15.0 Å². The normalized spacial score (nSPS) is 11.4. The van der Waals surface area contributed by atoms with Gasteiger partial charge in [0.15, 0.2) is 0 Å². The lowest BCUT2D eigenvalue weighted by atomic mass is 10.2. The highest BCUT2D eigenvalue weighted by Crippen LogP contribution is 2.10. The molecule has 0 saturated heterocycles. The molecule has 5 nitrogen and oxygen atoms in total. The highest BCUT2D eigenvalue weighted by atomic mass is 32.1. The summed E-state index contributed by atoms with van der Waals surface area (Å²) >= 11 is 1.63. The summed E-state index contributed by atoms with van der Waals surface area (Å²) in [7, 11) is 0. The molecule has 0 aliphatic rings. The number of carbonyl (C=O) groups excluding carboxylic acids is 1. The van der Waals surface area contributed by atoms with E-state index >= 15 is 0 Å². The number of nitrogens with zero attached hydrogens (tertiary/aromatic N) is 2. The van der Waals surface area contributed by atoms with E-state index in [1.807, 2.05) is 26.2 Å². The summed E-state index contributed by atoms with van der Waals surface area (Å²) in [4.78, 5) is 18.0. The molecule has 0 saturated carbocycles. The van der Waals surface area contributed by atoms with E-state index in [1.54, 1.807) is 22.4 Å². The quantitative estimate of drug-likeness (QED) is 0.787. The zero-order valence-corrected chi connectivity index (χ0v) is 13.6. The molecule has 0 aromatic carbocycles. The van der Waals surface area contributed by atoms with Gasteiger partial charge in [0.2, 0.25) is 0 Å². The lowest BCUT2D eigenvalue weighted by molar-refractivity contribution is 0.0252. The van der Waals surface area contributed by atoms with Crippen molar-refractivity contribution in [3.05, 3.63) is 16.6 Å². The van der Waals surface area contributed by atoms with Crippen LogP contribution < -0.4 is 5.32 Å². The Balaban J connectivity index is 2.32. The van der Waals surface area contributed by atoms with Crippen LogP contribution in [-0.2, 0) is 11.3 Å². The smallest absolute Gasteiger partial charge is 0.410 e. The van der Waals surface area contributed by atoms with Crippen molar-refractivity contribution in [2.75, 3.05) is 19.6 Å². The second-order valence-electron chi connectivity index (χ2n) is 5.57. The summed E-state index contributed by atoms with van der Waals surface area (Å²) in [5, 5.41) is 6.31. The standard InChI is InChI=1S/C14H25N3O2S/c1-5-8-17(13(18)19-14(2,3)4)9-6-15-11-12-16-7-10-20-12/h7,10,15H,5-6,8-9,11H2,1-4H3. The topological polar surface area (TPSA) is 54.5 Å². The molecule has 1 amide bonds. The molecule has 1 rings (SSSR count). The average Bonchev–Trinajstić information content (AvgIpc) is 2.83. The predicted molar refractivity (Wildman–Crippen MR) is 81.9 cm³/mol. The Morgan fingerprint density at radius 2 is 2.20 bits per heavy atom. The number of hydrogen-bond donors (Lipinski definition) is 1. The van der Waals surface area contributed by atoms with Crippen molar-refractivity contribution in [2.45, 2.75) is 46.3 Å². The Bertz CT molecular complexity index is 388. The minimum absolute atomic E-state index is 0.240. The van der Waals surface area contributed by atoms with Crippen molar-refractivity contribution in [1.82, 2.24) is 15.2 Å². The van der Waals surface area contributed by atoms with E-state index in [2.05, 4.69) is 17.2 Å². The Morgan fingerprint density at radius 3 is 2.75 bits per heavy atom. The summed E-state index contributed by atoms with van der Waals surface area (Å²) in [5.41, 5.74) is -0.447. The highest BCUT2D eigenvalue weighted by molar-refractivity contribution is 7.09. The van der Waals surface area contributed by atoms with Crippen molar-refractivity contribution in [3.63, 3.8) is 0 Å². The van der Waals surface area contributed by atoms with Crippen LogP contribution in [-0.4, -0.2) is 41.2 Å². The molecule has 0 spiro atoms. The third-order valence-electron chi connectivity index (χ3n) is 2.46. The van der Waals surface area contributed by atoms with Gasteiger partial charge in [-0.25, -0.2) is 9.78 Å². The van der Waals surface area contributed by atoms with Crippen LogP contribution in [0.15, 0.2) is 11.6 Å². The van der Waals surface area contributed by atoms with Gasteiger partial charge in [-0.3, -0.25) is 0 Å². The maximum absolute atomic E-state index is 12.0. The Hall–Kier alpha value is -1.14. The van der Waals surface area contributed by atoms with Crippen molar-refractivity contribution in [2.24, 2.45) is 0 Å². The van der Waals surface area contributed by atoms with Gasteiger partial charge in [-0.15, -0.1) is 11.3 Å². The Kier molecular flexibility index (Phi) is 6.95. The lowest BCUT2D eigenvalue weighted by Gasteiger charge is -2.27. The molecule has 1 aromatic rings. The summed E-state index contributed by atoms with van der Waals surface area (Å²) in [6, 6.07) is 0. The molecule has 114 valence electrons. The lowest BCUT2D eigenvalue weighted by Crippen LogP contribution is -2.40. The monoisotopic (exact) mass is 299 g/mol. The van der Waals surface area contributed by atoms with E-state index in [0.29, 0.717) is 13.1 Å². The van der Waals surface area contributed by atoms with Crippen LogP contribution in [0.5, 0.6) is 0 Å². The van der Waals surface area contributed by atoms with Gasteiger partial charge in [-0.2, -0.15) is 0 Å². The first-order valence-electron chi connectivity index (χ1n) is 6.99. The molecule has 1 N–H and O–H groups in total. The van der Waals surface area contributed by atoms with Gasteiger partial charge >= 0.3 is 6.09 Å². The molecule has 0 unspecified atom stereocenters. The summed E-state index contributed by atoms with van der Waals surface area (Å²) in [5.74, 6) is 0. The molecule has 0 atom stereocenters. The van der Waals surface area contributed by atoms with Crippen LogP contribution in [0.25, 0.3) is 0 Å². The molecular weight excluding hydrogens is 274 g/mol. The number of aromatic nitrogens is 1. The van der Waals surface area contributed by atoms with Crippen molar-refractivity contribution in [3.8, 4) is 0 Å². The van der Waals surface area contributed by atoms with Gasteiger partial charge in [0, 0.05) is 37.8 Å². The van der Waals surface area contributed by atoms with E-state index < -0.39 is 5.60 Å². The number of rotatable bonds is 7. The molecule has 6 heteroatoms. The first-order chi connectivity index (χ1) is 9.42. The van der Waals surface area contributed by atoms with Crippen molar-refractivity contribution in [1.29, 1.82) is 0 Å². The van der Waals surface area contributed by atoms with Crippen LogP contribution >= 0.6 is 11.3 Å². The van der Waals surface area contributed by atoms with Crippen LogP contribution in [0.3, 0.4) is 0 Å². The molecular formula is C14H25N3O2S. The van der Waals surface area contributed by atoms with Gasteiger partial charge in [-0.1, -0.05) is 6.92 Å². The van der Waals surface area contributed by atoms with E-state index in [1.165, 1.54) is 0 Å². The molecule has 20 heavy (non-hydrogen) atoms. The van der Waals surface area contributed by atoms with Crippen LogP contribution in [0.1, 0.15) is 39.1 Å². The largest absolute Gasteiger partial charge is 0.444 e. The maximum Gasteiger partial charge on any atom is 0.410 e. The summed E-state index contributed by atoms with van der Waals surface area (Å²) < 4.78 is 5.40. The van der Waals surface area contributed by atoms with Crippen LogP contribution in [0.4, 0.5) is 4.79 Å². The fourth-order valence-electron chi connectivity index (χ4n) is 1.64. The van der Waals surface area contributed by atoms with Crippen molar-refractivity contribution >= 4 is 17.4 Å². The minimum atomic E-state index is -0.447. The number of thiazole rings is 1. The van der Waals surface area contributed by atoms with Gasteiger partial charge in [0.1, 0.15) is 10.6 Å². The summed E-state index contributed by atoms with van der Waals surface area (Å²) in [6.45, 7) is 10.5. The van der Waals surface area contributed by atoms with E-state index in [4.69, 9.17) is 4.74 Å². The fourth-order valence-corrected chi connectivity index (χ4v) is 2.23. The third-order valence-corrected chi connectivity index (χ3v) is 3.24. The minimum Gasteiger partial charge on any atom is -0.444 e. The second-order valence-corrected chi connectivity index (χ2v) is 6.55. The van der Waals surface area contributed by atoms with Gasteiger partial charge in [0.05, 0.1) is 0 Å². The second kappa shape index (κ2) is 8.21. The average molecular weight is 299 g/mol. The van der Waals surface area contributed by atoms with Gasteiger partial charge in [-0.05, 0) is 27.2 Å². The zero-order chi connectivity index (χ0) is 15.0. The maximum atomic E-state index is 12.0. The number of hydrogen-bond acceptors (Lipinski definition) is 5. The molecule has 0 aliphatic heterocycles. The first-order valence-corrected chi connectivity index (χ1v) is 7.87. The van der Waals surface area contributed by atoms with Gasteiger partial charge in [0.25, 0.3) is 0 Å². The van der Waals surface area contributed by atoms with Crippen LogP contribution in [0, 0.1) is 0 Å². The number of ether oxygens (including phenoxy) is 1. The zero-order valence-electron chi connectivity index (χ0n) is 12.8. The molecule has 0 bridgehead atoms. The third kappa shape index (κ3) is 6.86. The van der Waals surface area contributed by atoms with E-state index in [-0.39, 0.29) is 6.09 Å². The first kappa shape index (κ1) is 16.9. The Morgan fingerprint density at radius 1 is 1.45 bits per heavy atom. The molecule has 1 heterocycles. The van der Waals surface area contributed by atoms with Crippen LogP contribution in [0.2, 0.25) is 0 Å². The molecule has 0 aliphatic carbocycles. The number of amides is 1. The van der Waals surface area contributed by atoms with E-state index in [9.17, 15) is 4.79 Å². The molecule has 0 fully saturated rings. The number of carbonyl (C=O) groups is 1.